The molecule has 0 radical (unpaired) electrons. The fourth-order valence-corrected chi connectivity index (χ4v) is 7.46. The zero-order valence-corrected chi connectivity index (χ0v) is 17.8. The molecule has 0 aliphatic rings. The highest BCUT2D eigenvalue weighted by atomic mass is 31.2. The molecule has 0 atom stereocenters. The zero-order valence-electron chi connectivity index (χ0n) is 16.9. The molecule has 0 unspecified atom stereocenters. The standard InChI is InChI=1S/C25H28NOP/c1-4-26(21(2)3)25(27)20-28(22-14-8-5-9-15-22,23-16-10-6-11-17-23)24-18-12-7-13-19-24/h5-21H,4H2,1-3H3/p+1/b25-20-. The van der Waals surface area contributed by atoms with Crippen LogP contribution in [0, 0.1) is 0 Å². The lowest BCUT2D eigenvalue weighted by Gasteiger charge is -2.29. The largest absolute Gasteiger partial charge is 0.492 e. The summed E-state index contributed by atoms with van der Waals surface area (Å²) in [5, 5.41) is 14.9. The van der Waals surface area contributed by atoms with Crippen LogP contribution in [0.15, 0.2) is 103 Å². The molecule has 0 saturated heterocycles. The van der Waals surface area contributed by atoms with E-state index in [0.29, 0.717) is 5.88 Å². The van der Waals surface area contributed by atoms with Crippen molar-refractivity contribution in [3.05, 3.63) is 103 Å². The molecule has 0 heterocycles. The maximum absolute atomic E-state index is 11.2. The molecule has 3 rings (SSSR count). The summed E-state index contributed by atoms with van der Waals surface area (Å²) in [6.45, 7) is 7.07. The van der Waals surface area contributed by atoms with E-state index in [1.165, 1.54) is 15.9 Å². The van der Waals surface area contributed by atoms with Crippen molar-refractivity contribution in [2.24, 2.45) is 0 Å². The molecular weight excluding hydrogens is 361 g/mol. The normalized spacial score (nSPS) is 12.2. The van der Waals surface area contributed by atoms with Gasteiger partial charge < -0.3 is 10.0 Å². The first-order valence-electron chi connectivity index (χ1n) is 9.83. The van der Waals surface area contributed by atoms with Gasteiger partial charge in [-0.15, -0.1) is 0 Å². The molecule has 0 aromatic heterocycles. The van der Waals surface area contributed by atoms with Crippen molar-refractivity contribution in [2.45, 2.75) is 26.8 Å². The quantitative estimate of drug-likeness (QED) is 0.450. The lowest BCUT2D eigenvalue weighted by molar-refractivity contribution is 0.176. The Morgan fingerprint density at radius 2 is 1.14 bits per heavy atom. The third-order valence-electron chi connectivity index (χ3n) is 5.06. The number of hydrogen-bond acceptors (Lipinski definition) is 2. The highest BCUT2D eigenvalue weighted by molar-refractivity contribution is 7.98. The number of hydrogen-bond donors (Lipinski definition) is 1. The Kier molecular flexibility index (Phi) is 6.54. The summed E-state index contributed by atoms with van der Waals surface area (Å²) in [5.74, 6) is 2.47. The molecule has 0 saturated carbocycles. The van der Waals surface area contributed by atoms with Gasteiger partial charge in [0.1, 0.15) is 29.0 Å². The van der Waals surface area contributed by atoms with E-state index in [2.05, 4.69) is 99.4 Å². The van der Waals surface area contributed by atoms with E-state index in [9.17, 15) is 5.11 Å². The minimum atomic E-state index is -2.17. The third-order valence-corrected chi connectivity index (χ3v) is 9.01. The fourth-order valence-electron chi connectivity index (χ4n) is 3.70. The first-order chi connectivity index (χ1) is 13.6. The molecule has 0 amide bonds. The van der Waals surface area contributed by atoms with Gasteiger partial charge in [-0.25, -0.2) is 0 Å². The van der Waals surface area contributed by atoms with Gasteiger partial charge in [-0.3, -0.25) is 0 Å². The molecule has 3 aromatic carbocycles. The van der Waals surface area contributed by atoms with Crippen molar-refractivity contribution < 1.29 is 5.11 Å². The number of aliphatic hydroxyl groups is 1. The molecular formula is C25H29NOP+. The Balaban J connectivity index is 2.35. The molecule has 0 aliphatic heterocycles. The van der Waals surface area contributed by atoms with E-state index in [-0.39, 0.29) is 6.04 Å². The summed E-state index contributed by atoms with van der Waals surface area (Å²) in [6.07, 6.45) is 0. The number of aliphatic hydroxyl groups excluding tert-OH is 1. The van der Waals surface area contributed by atoms with Crippen LogP contribution in [0.5, 0.6) is 0 Å². The Labute approximate surface area is 169 Å². The van der Waals surface area contributed by atoms with Crippen LogP contribution < -0.4 is 15.9 Å². The third kappa shape index (κ3) is 3.98. The number of nitrogens with zero attached hydrogens (tertiary/aromatic N) is 1. The average Bonchev–Trinajstić information content (AvgIpc) is 2.74. The minimum absolute atomic E-state index is 0.227. The first-order valence-corrected chi connectivity index (χ1v) is 11.7. The molecule has 1 N–H and O–H groups in total. The van der Waals surface area contributed by atoms with Crippen molar-refractivity contribution >= 4 is 23.2 Å². The molecule has 0 spiro atoms. The topological polar surface area (TPSA) is 23.5 Å². The number of benzene rings is 3. The maximum Gasteiger partial charge on any atom is 0.224 e. The molecule has 28 heavy (non-hydrogen) atoms. The summed E-state index contributed by atoms with van der Waals surface area (Å²) < 4.78 is 0. The summed E-state index contributed by atoms with van der Waals surface area (Å²) in [6, 6.07) is 32.0. The molecule has 0 aliphatic carbocycles. The molecule has 0 bridgehead atoms. The second kappa shape index (κ2) is 9.08. The van der Waals surface area contributed by atoms with Crippen LogP contribution >= 0.6 is 7.26 Å². The summed E-state index contributed by atoms with van der Waals surface area (Å²) in [5.41, 5.74) is 0. The van der Waals surface area contributed by atoms with Crippen molar-refractivity contribution in [3.8, 4) is 0 Å². The van der Waals surface area contributed by atoms with Gasteiger partial charge >= 0.3 is 0 Å². The van der Waals surface area contributed by atoms with E-state index >= 15 is 0 Å². The van der Waals surface area contributed by atoms with Crippen molar-refractivity contribution in [2.75, 3.05) is 6.54 Å². The molecule has 0 fully saturated rings. The molecule has 3 aromatic rings. The number of rotatable bonds is 7. The SMILES string of the molecule is CCN(/C(O)=C/[P+](c1ccccc1)(c1ccccc1)c1ccccc1)C(C)C. The van der Waals surface area contributed by atoms with Crippen molar-refractivity contribution in [3.63, 3.8) is 0 Å². The summed E-state index contributed by atoms with van der Waals surface area (Å²) >= 11 is 0. The highest BCUT2D eigenvalue weighted by Crippen LogP contribution is 2.57. The maximum atomic E-state index is 11.2. The van der Waals surface area contributed by atoms with E-state index in [0.717, 1.165) is 6.54 Å². The Bertz CT molecular complexity index is 795. The predicted molar refractivity (Wildman–Crippen MR) is 123 cm³/mol. The predicted octanol–water partition coefficient (Wildman–Crippen LogP) is 5.07. The van der Waals surface area contributed by atoms with Gasteiger partial charge in [-0.1, -0.05) is 54.6 Å². The highest BCUT2D eigenvalue weighted by Gasteiger charge is 2.45. The Morgan fingerprint density at radius 3 is 1.43 bits per heavy atom. The molecule has 2 nitrogen and oxygen atoms in total. The fraction of sp³-hybridized carbons (Fsp3) is 0.200. The lowest BCUT2D eigenvalue weighted by Crippen LogP contribution is -2.33. The Morgan fingerprint density at radius 1 is 0.786 bits per heavy atom. The monoisotopic (exact) mass is 390 g/mol. The van der Waals surface area contributed by atoms with Crippen LogP contribution in [-0.2, 0) is 0 Å². The minimum Gasteiger partial charge on any atom is -0.492 e. The van der Waals surface area contributed by atoms with Gasteiger partial charge in [0.15, 0.2) is 0 Å². The Hall–Kier alpha value is -2.57. The molecule has 3 heteroatoms. The second-order valence-corrected chi connectivity index (χ2v) is 10.3. The van der Waals surface area contributed by atoms with Crippen LogP contribution in [0.4, 0.5) is 0 Å². The van der Waals surface area contributed by atoms with E-state index < -0.39 is 7.26 Å². The van der Waals surface area contributed by atoms with Gasteiger partial charge in [0.2, 0.25) is 5.88 Å². The van der Waals surface area contributed by atoms with E-state index in [1.54, 1.807) is 0 Å². The van der Waals surface area contributed by atoms with E-state index in [1.807, 2.05) is 23.1 Å². The van der Waals surface area contributed by atoms with Gasteiger partial charge in [0, 0.05) is 12.6 Å². The zero-order chi connectivity index (χ0) is 20.0. The van der Waals surface area contributed by atoms with Crippen molar-refractivity contribution in [1.29, 1.82) is 0 Å². The van der Waals surface area contributed by atoms with E-state index in [4.69, 9.17) is 0 Å². The lowest BCUT2D eigenvalue weighted by atomic mass is 10.3. The molecule has 144 valence electrons. The van der Waals surface area contributed by atoms with Gasteiger partial charge in [0.05, 0.1) is 0 Å². The van der Waals surface area contributed by atoms with Crippen molar-refractivity contribution in [1.82, 2.24) is 4.90 Å². The summed E-state index contributed by atoms with van der Waals surface area (Å²) in [4.78, 5) is 2.05. The second-order valence-electron chi connectivity index (χ2n) is 7.10. The van der Waals surface area contributed by atoms with Gasteiger partial charge in [-0.2, -0.15) is 0 Å². The van der Waals surface area contributed by atoms with Crippen LogP contribution in [0.1, 0.15) is 20.8 Å². The smallest absolute Gasteiger partial charge is 0.224 e. The van der Waals surface area contributed by atoms with Crippen LogP contribution in [0.2, 0.25) is 0 Å². The van der Waals surface area contributed by atoms with Crippen LogP contribution in [0.3, 0.4) is 0 Å². The first kappa shape index (κ1) is 20.2. The van der Waals surface area contributed by atoms with Gasteiger partial charge in [-0.05, 0) is 57.2 Å². The van der Waals surface area contributed by atoms with Gasteiger partial charge in [0.25, 0.3) is 0 Å². The van der Waals surface area contributed by atoms with Crippen LogP contribution in [0.25, 0.3) is 0 Å². The van der Waals surface area contributed by atoms with Crippen LogP contribution in [-0.4, -0.2) is 22.6 Å². The summed E-state index contributed by atoms with van der Waals surface area (Å²) in [7, 11) is -2.17. The average molecular weight is 390 g/mol.